The fraction of sp³-hybridized carbons (Fsp3) is 0.348. The lowest BCUT2D eigenvalue weighted by atomic mass is 9.89. The zero-order chi connectivity index (χ0) is 20.5. The van der Waals surface area contributed by atoms with E-state index >= 15 is 0 Å². The number of ether oxygens (including phenoxy) is 2. The number of nitrogens with zero attached hydrogens (tertiary/aromatic N) is 3. The number of rotatable bonds is 4. The SMILES string of the molecule is Cc1noc(-c2cccnc2)c1C(=O)N1CCC(Cc2ccc3c(c2)OCO3)CC1. The van der Waals surface area contributed by atoms with Crippen LogP contribution in [0.4, 0.5) is 0 Å². The van der Waals surface area contributed by atoms with Crippen molar-refractivity contribution in [2.75, 3.05) is 19.9 Å². The predicted octanol–water partition coefficient (Wildman–Crippen LogP) is 3.87. The van der Waals surface area contributed by atoms with Crippen molar-refractivity contribution in [2.45, 2.75) is 26.2 Å². The normalized spacial score (nSPS) is 16.1. The van der Waals surface area contributed by atoms with Crippen molar-refractivity contribution >= 4 is 5.91 Å². The summed E-state index contributed by atoms with van der Waals surface area (Å²) < 4.78 is 16.3. The van der Waals surface area contributed by atoms with Gasteiger partial charge in [0.15, 0.2) is 17.3 Å². The molecule has 5 rings (SSSR count). The molecule has 0 aliphatic carbocycles. The van der Waals surface area contributed by atoms with Gasteiger partial charge in [0.25, 0.3) is 5.91 Å². The van der Waals surface area contributed by atoms with Crippen molar-refractivity contribution in [1.29, 1.82) is 0 Å². The van der Waals surface area contributed by atoms with Crippen molar-refractivity contribution in [3.8, 4) is 22.8 Å². The fourth-order valence-electron chi connectivity index (χ4n) is 4.22. The number of aromatic nitrogens is 2. The van der Waals surface area contributed by atoms with Crippen LogP contribution in [0.15, 0.2) is 47.2 Å². The summed E-state index contributed by atoms with van der Waals surface area (Å²) in [5, 5.41) is 4.04. The van der Waals surface area contributed by atoms with Crippen LogP contribution in [0.2, 0.25) is 0 Å². The lowest BCUT2D eigenvalue weighted by Gasteiger charge is -2.32. The minimum absolute atomic E-state index is 0.0193. The maximum atomic E-state index is 13.2. The molecular formula is C23H23N3O4. The number of aryl methyl sites for hydroxylation is 1. The second-order valence-corrected chi connectivity index (χ2v) is 7.84. The number of benzene rings is 1. The van der Waals surface area contributed by atoms with Gasteiger partial charge in [-0.15, -0.1) is 0 Å². The maximum absolute atomic E-state index is 13.2. The molecule has 1 fully saturated rings. The minimum atomic E-state index is -0.0193. The van der Waals surface area contributed by atoms with Crippen molar-refractivity contribution in [3.63, 3.8) is 0 Å². The zero-order valence-corrected chi connectivity index (χ0v) is 16.8. The van der Waals surface area contributed by atoms with Crippen LogP contribution in [0.25, 0.3) is 11.3 Å². The molecule has 0 saturated carbocycles. The Bertz CT molecular complexity index is 1060. The van der Waals surface area contributed by atoms with E-state index in [2.05, 4.69) is 22.3 Å². The molecule has 0 N–H and O–H groups in total. The third kappa shape index (κ3) is 3.51. The van der Waals surface area contributed by atoms with Gasteiger partial charge in [-0.2, -0.15) is 0 Å². The third-order valence-corrected chi connectivity index (χ3v) is 5.86. The van der Waals surface area contributed by atoms with Crippen LogP contribution >= 0.6 is 0 Å². The van der Waals surface area contributed by atoms with E-state index in [1.807, 2.05) is 30.0 Å². The molecule has 0 bridgehead atoms. The lowest BCUT2D eigenvalue weighted by molar-refractivity contribution is 0.0690. The number of carbonyl (C=O) groups excluding carboxylic acids is 1. The summed E-state index contributed by atoms with van der Waals surface area (Å²) in [5.74, 6) is 2.65. The van der Waals surface area contributed by atoms with Gasteiger partial charge in [-0.05, 0) is 61.9 Å². The second-order valence-electron chi connectivity index (χ2n) is 7.84. The average molecular weight is 405 g/mol. The molecule has 0 radical (unpaired) electrons. The van der Waals surface area contributed by atoms with Crippen molar-refractivity contribution in [1.82, 2.24) is 15.0 Å². The van der Waals surface area contributed by atoms with E-state index in [-0.39, 0.29) is 5.91 Å². The van der Waals surface area contributed by atoms with E-state index in [1.165, 1.54) is 5.56 Å². The molecular weight excluding hydrogens is 382 g/mol. The Morgan fingerprint density at radius 3 is 2.80 bits per heavy atom. The van der Waals surface area contributed by atoms with Crippen molar-refractivity contribution in [3.05, 3.63) is 59.5 Å². The molecule has 3 aromatic rings. The quantitative estimate of drug-likeness (QED) is 0.656. The fourth-order valence-corrected chi connectivity index (χ4v) is 4.22. The highest BCUT2D eigenvalue weighted by Crippen LogP contribution is 2.34. The molecule has 7 nitrogen and oxygen atoms in total. The molecule has 1 amide bonds. The highest BCUT2D eigenvalue weighted by molar-refractivity contribution is 6.00. The number of hydrogen-bond acceptors (Lipinski definition) is 6. The Morgan fingerprint density at radius 1 is 1.17 bits per heavy atom. The van der Waals surface area contributed by atoms with Crippen molar-refractivity contribution < 1.29 is 18.8 Å². The molecule has 1 saturated heterocycles. The minimum Gasteiger partial charge on any atom is -0.454 e. The van der Waals surface area contributed by atoms with E-state index in [0.29, 0.717) is 29.7 Å². The van der Waals surface area contributed by atoms with Gasteiger partial charge < -0.3 is 18.9 Å². The van der Waals surface area contributed by atoms with E-state index in [9.17, 15) is 4.79 Å². The number of likely N-dealkylation sites (tertiary alicyclic amines) is 1. The molecule has 154 valence electrons. The number of fused-ring (bicyclic) bond motifs is 1. The first-order valence-electron chi connectivity index (χ1n) is 10.2. The van der Waals surface area contributed by atoms with Gasteiger partial charge in [0.05, 0.1) is 5.69 Å². The summed E-state index contributed by atoms with van der Waals surface area (Å²) in [7, 11) is 0. The first kappa shape index (κ1) is 18.7. The van der Waals surface area contributed by atoms with Crippen molar-refractivity contribution in [2.24, 2.45) is 5.92 Å². The first-order chi connectivity index (χ1) is 14.7. The smallest absolute Gasteiger partial charge is 0.259 e. The second kappa shape index (κ2) is 7.82. The Balaban J connectivity index is 1.25. The van der Waals surface area contributed by atoms with E-state index in [1.54, 1.807) is 12.4 Å². The predicted molar refractivity (Wildman–Crippen MR) is 109 cm³/mol. The van der Waals surface area contributed by atoms with E-state index in [4.69, 9.17) is 14.0 Å². The Kier molecular flexibility index (Phi) is 4.86. The summed E-state index contributed by atoms with van der Waals surface area (Å²) >= 11 is 0. The van der Waals surface area contributed by atoms with Crippen LogP contribution < -0.4 is 9.47 Å². The molecule has 2 aliphatic heterocycles. The number of pyridine rings is 1. The summed E-state index contributed by atoms with van der Waals surface area (Å²) in [6, 6.07) is 9.85. The number of amides is 1. The molecule has 4 heterocycles. The molecule has 2 aromatic heterocycles. The Hall–Kier alpha value is -3.35. The molecule has 2 aliphatic rings. The standard InChI is InChI=1S/C23H23N3O4/c1-15-21(22(30-25-15)18-3-2-8-24-13-18)23(27)26-9-6-16(7-10-26)11-17-4-5-19-20(12-17)29-14-28-19/h2-5,8,12-13,16H,6-7,9-11,14H2,1H3. The van der Waals surface area contributed by atoms with E-state index in [0.717, 1.165) is 49.4 Å². The summed E-state index contributed by atoms with van der Waals surface area (Å²) in [6.45, 7) is 3.56. The van der Waals surface area contributed by atoms with Gasteiger partial charge in [0.2, 0.25) is 6.79 Å². The van der Waals surface area contributed by atoms with Gasteiger partial charge >= 0.3 is 0 Å². The zero-order valence-electron chi connectivity index (χ0n) is 16.8. The van der Waals surface area contributed by atoms with Gasteiger partial charge in [0, 0.05) is 31.0 Å². The highest BCUT2D eigenvalue weighted by atomic mass is 16.7. The van der Waals surface area contributed by atoms with Crippen LogP contribution in [-0.4, -0.2) is 40.8 Å². The van der Waals surface area contributed by atoms with Gasteiger partial charge in [0.1, 0.15) is 5.56 Å². The lowest BCUT2D eigenvalue weighted by Crippen LogP contribution is -2.39. The van der Waals surface area contributed by atoms with E-state index < -0.39 is 0 Å². The van der Waals surface area contributed by atoms with Gasteiger partial charge in [-0.1, -0.05) is 11.2 Å². The molecule has 30 heavy (non-hydrogen) atoms. The Labute approximate surface area is 174 Å². The summed E-state index contributed by atoms with van der Waals surface area (Å²) in [4.78, 5) is 19.3. The van der Waals surface area contributed by atoms with Crippen LogP contribution in [0.1, 0.15) is 34.5 Å². The topological polar surface area (TPSA) is 77.7 Å². The number of carbonyl (C=O) groups is 1. The molecule has 0 unspecified atom stereocenters. The Morgan fingerprint density at radius 2 is 2.00 bits per heavy atom. The van der Waals surface area contributed by atoms with Crippen LogP contribution in [0.3, 0.4) is 0 Å². The highest BCUT2D eigenvalue weighted by Gasteiger charge is 2.29. The first-order valence-corrected chi connectivity index (χ1v) is 10.2. The molecule has 0 spiro atoms. The monoisotopic (exact) mass is 405 g/mol. The van der Waals surface area contributed by atoms with Crippen LogP contribution in [0.5, 0.6) is 11.5 Å². The third-order valence-electron chi connectivity index (χ3n) is 5.86. The number of piperidine rings is 1. The summed E-state index contributed by atoms with van der Waals surface area (Å²) in [6.07, 6.45) is 6.29. The molecule has 7 heteroatoms. The summed E-state index contributed by atoms with van der Waals surface area (Å²) in [5.41, 5.74) is 3.16. The van der Waals surface area contributed by atoms with Crippen LogP contribution in [0, 0.1) is 12.8 Å². The number of hydrogen-bond donors (Lipinski definition) is 0. The van der Waals surface area contributed by atoms with Crippen LogP contribution in [-0.2, 0) is 6.42 Å². The maximum Gasteiger partial charge on any atom is 0.259 e. The van der Waals surface area contributed by atoms with Gasteiger partial charge in [-0.25, -0.2) is 0 Å². The largest absolute Gasteiger partial charge is 0.454 e. The average Bonchev–Trinajstić information content (AvgIpc) is 3.40. The molecule has 1 aromatic carbocycles. The van der Waals surface area contributed by atoms with Gasteiger partial charge in [-0.3, -0.25) is 9.78 Å². The molecule has 0 atom stereocenters.